The summed E-state index contributed by atoms with van der Waals surface area (Å²) in [6, 6.07) is 19.3. The first-order valence-corrected chi connectivity index (χ1v) is 24.8. The number of nitrogens with one attached hydrogen (secondary N) is 4. The third-order valence-electron chi connectivity index (χ3n) is 10.1. The molecular weight excluding hydrogens is 1030 g/mol. The first kappa shape index (κ1) is 52.3. The van der Waals surface area contributed by atoms with Crippen LogP contribution in [-0.4, -0.2) is 87.2 Å². The van der Waals surface area contributed by atoms with Gasteiger partial charge in [-0.1, -0.05) is 50.2 Å². The van der Waals surface area contributed by atoms with Gasteiger partial charge in [0.25, 0.3) is 0 Å². The van der Waals surface area contributed by atoms with Crippen molar-refractivity contribution >= 4 is 93.6 Å². The van der Waals surface area contributed by atoms with E-state index in [0.717, 1.165) is 24.3 Å². The third-order valence-corrected chi connectivity index (χ3v) is 13.4. The molecule has 24 heteroatoms. The summed E-state index contributed by atoms with van der Waals surface area (Å²) in [5.41, 5.74) is -0.983. The highest BCUT2D eigenvalue weighted by Crippen LogP contribution is 2.33. The van der Waals surface area contributed by atoms with E-state index in [1.54, 1.807) is 56.3 Å². The normalized spacial score (nSPS) is 11.3. The Morgan fingerprint density at radius 2 is 1.11 bits per heavy atom. The molecule has 0 radical (unpaired) electrons. The van der Waals surface area contributed by atoms with E-state index in [1.165, 1.54) is 43.0 Å². The average Bonchev–Trinajstić information content (AvgIpc) is 3.93. The highest BCUT2D eigenvalue weighted by molar-refractivity contribution is 9.10. The monoisotopic (exact) mass is 1070 g/mol. The van der Waals surface area contributed by atoms with E-state index in [0.29, 0.717) is 45.1 Å². The number of aromatic amines is 2. The number of phenols is 2. The lowest BCUT2D eigenvalue weighted by atomic mass is 9.80. The number of carbonyl (C=O) groups excluding carboxylic acids is 2. The smallest absolute Gasteiger partial charge is 0.492 e. The molecule has 0 atom stereocenters. The average molecular weight is 1070 g/mol. The highest BCUT2D eigenvalue weighted by Gasteiger charge is 2.28. The van der Waals surface area contributed by atoms with Gasteiger partial charge in [-0.2, -0.15) is 0 Å². The van der Waals surface area contributed by atoms with Crippen molar-refractivity contribution in [3.8, 4) is 22.6 Å². The quantitative estimate of drug-likeness (QED) is 0.0297. The van der Waals surface area contributed by atoms with Crippen LogP contribution in [-0.2, 0) is 20.0 Å². The van der Waals surface area contributed by atoms with E-state index in [4.69, 9.17) is 15.2 Å². The minimum atomic E-state index is -3.85. The fourth-order valence-electron chi connectivity index (χ4n) is 6.85. The van der Waals surface area contributed by atoms with Gasteiger partial charge in [-0.05, 0) is 77.3 Å². The molecule has 0 fully saturated rings. The second-order valence-electron chi connectivity index (χ2n) is 15.1. The molecule has 8 rings (SSSR count). The van der Waals surface area contributed by atoms with Crippen LogP contribution in [0.5, 0.6) is 11.5 Å². The number of anilines is 2. The van der Waals surface area contributed by atoms with Gasteiger partial charge in [0, 0.05) is 67.7 Å². The number of aromatic hydroxyl groups is 2. The van der Waals surface area contributed by atoms with Gasteiger partial charge in [0.1, 0.15) is 34.4 Å². The molecule has 70 heavy (non-hydrogen) atoms. The molecule has 0 aliphatic rings. The summed E-state index contributed by atoms with van der Waals surface area (Å²) < 4.78 is 111. The fraction of sp³-hybridized carbons (Fsp3) is 0.130. The summed E-state index contributed by atoms with van der Waals surface area (Å²) in [5, 5.41) is 36.9. The molecule has 0 aliphatic carbocycles. The predicted molar refractivity (Wildman–Crippen MR) is 260 cm³/mol. The third kappa shape index (κ3) is 12.0. The van der Waals surface area contributed by atoms with Crippen LogP contribution in [0.1, 0.15) is 58.5 Å². The summed E-state index contributed by atoms with van der Waals surface area (Å²) in [7, 11) is -9.25. The number of fused-ring (bicyclic) bond motifs is 2. The number of benzene rings is 4. The van der Waals surface area contributed by atoms with Gasteiger partial charge >= 0.3 is 7.12 Å². The van der Waals surface area contributed by atoms with Crippen LogP contribution in [0.3, 0.4) is 0 Å². The summed E-state index contributed by atoms with van der Waals surface area (Å²) in [6.07, 6.45) is 6.21. The van der Waals surface area contributed by atoms with Crippen molar-refractivity contribution in [1.29, 1.82) is 0 Å². The SMILES string of the molecule is CCCS(=O)(=O)Nc1ccc(F)c(C(=O)c2c[nH]c3ncc(-c4ccccc4O)cc23)c1F.CCCS(=O)(=O)Nc1ccc(F)c(C(=O)c2c[nH]c3ncc(Br)cc23)c1F.OB(O)c1ccccc1O. The molecule has 4 aromatic heterocycles. The zero-order valence-electron chi connectivity index (χ0n) is 36.6. The van der Waals surface area contributed by atoms with Crippen LogP contribution in [0, 0.1) is 23.3 Å². The number of halogens is 5. The second kappa shape index (κ2) is 22.1. The fourth-order valence-corrected chi connectivity index (χ4v) is 9.45. The Balaban J connectivity index is 0.000000194. The van der Waals surface area contributed by atoms with Gasteiger partial charge in [0.05, 0.1) is 34.0 Å². The number of para-hydroxylation sites is 2. The maximum absolute atomic E-state index is 15.1. The molecule has 0 unspecified atom stereocenters. The standard InChI is InChI=1S/C23H19F2N3O4S.C17H14BrF2N3O3S.C6H7BO3/c1-2-9-33(31,32)28-18-8-7-17(24)20(21(18)25)22(30)16-12-27-23-15(16)10-13(11-26-23)14-5-3-4-6-19(14)29;1-2-5-27(25,26)23-13-4-3-12(19)14(15(13)20)16(24)11-8-22-17-10(11)6-9(18)7-21-17;8-6-4-2-1-3-5(6)7(9)10/h3-8,10-12,28-29H,2,9H2,1H3,(H,26,27);3-4,6-8,23H,2,5H2,1H3,(H,21,22);1-4,8-10H. The number of aromatic nitrogens is 4. The van der Waals surface area contributed by atoms with Crippen molar-refractivity contribution in [2.75, 3.05) is 20.9 Å². The Morgan fingerprint density at radius 1 is 0.657 bits per heavy atom. The molecule has 4 aromatic carbocycles. The van der Waals surface area contributed by atoms with Crippen LogP contribution < -0.4 is 14.9 Å². The maximum atomic E-state index is 15.1. The lowest BCUT2D eigenvalue weighted by Gasteiger charge is -2.11. The largest absolute Gasteiger partial charge is 0.508 e. The Morgan fingerprint density at radius 3 is 1.57 bits per heavy atom. The minimum Gasteiger partial charge on any atom is -0.508 e. The summed E-state index contributed by atoms with van der Waals surface area (Å²) in [6.45, 7) is 3.29. The molecule has 4 heterocycles. The van der Waals surface area contributed by atoms with E-state index < -0.39 is 84.5 Å². The number of carbonyl (C=O) groups is 2. The maximum Gasteiger partial charge on any atom is 0.492 e. The molecule has 0 saturated carbocycles. The first-order valence-electron chi connectivity index (χ1n) is 20.7. The van der Waals surface area contributed by atoms with E-state index in [9.17, 15) is 44.7 Å². The molecule has 0 saturated heterocycles. The van der Waals surface area contributed by atoms with Crippen molar-refractivity contribution in [3.05, 3.63) is 160 Å². The van der Waals surface area contributed by atoms with Crippen molar-refractivity contribution in [2.45, 2.75) is 26.7 Å². The molecule has 0 amide bonds. The van der Waals surface area contributed by atoms with Gasteiger partial charge in [0.15, 0.2) is 11.6 Å². The van der Waals surface area contributed by atoms with Crippen LogP contribution in [0.25, 0.3) is 33.2 Å². The van der Waals surface area contributed by atoms with Gasteiger partial charge < -0.3 is 30.2 Å². The zero-order chi connectivity index (χ0) is 51.1. The van der Waals surface area contributed by atoms with Gasteiger partial charge in [-0.25, -0.2) is 44.4 Å². The molecule has 16 nitrogen and oxygen atoms in total. The summed E-state index contributed by atoms with van der Waals surface area (Å²) >= 11 is 3.23. The Kier molecular flexibility index (Phi) is 16.5. The van der Waals surface area contributed by atoms with E-state index >= 15 is 4.39 Å². The zero-order valence-corrected chi connectivity index (χ0v) is 39.9. The lowest BCUT2D eigenvalue weighted by Crippen LogP contribution is -2.29. The topological polar surface area (TPSA) is 265 Å². The number of nitrogens with zero attached hydrogens (tertiary/aromatic N) is 2. The molecule has 364 valence electrons. The van der Waals surface area contributed by atoms with Crippen molar-refractivity contribution < 1.29 is 64.2 Å². The van der Waals surface area contributed by atoms with E-state index in [2.05, 4.69) is 45.3 Å². The molecule has 0 aliphatic heterocycles. The molecule has 8 N–H and O–H groups in total. The number of sulfonamides is 2. The summed E-state index contributed by atoms with van der Waals surface area (Å²) in [4.78, 5) is 39.8. The van der Waals surface area contributed by atoms with Crippen molar-refractivity contribution in [3.63, 3.8) is 0 Å². The minimum absolute atomic E-state index is 0.00575. The molecule has 0 bridgehead atoms. The Bertz CT molecular complexity index is 3490. The van der Waals surface area contributed by atoms with Crippen LogP contribution in [0.15, 0.2) is 114 Å². The number of rotatable bonds is 14. The summed E-state index contributed by atoms with van der Waals surface area (Å²) in [5.74, 6) is -7.27. The first-order chi connectivity index (χ1) is 33.2. The highest BCUT2D eigenvalue weighted by atomic mass is 79.9. The van der Waals surface area contributed by atoms with Gasteiger partial charge in [-0.15, -0.1) is 0 Å². The van der Waals surface area contributed by atoms with Crippen LogP contribution >= 0.6 is 15.9 Å². The van der Waals surface area contributed by atoms with Crippen molar-refractivity contribution in [1.82, 2.24) is 19.9 Å². The number of hydrogen-bond donors (Lipinski definition) is 8. The Hall–Kier alpha value is -7.12. The number of ketones is 2. The van der Waals surface area contributed by atoms with Gasteiger partial charge in [0.2, 0.25) is 31.6 Å². The lowest BCUT2D eigenvalue weighted by molar-refractivity contribution is 0.102. The van der Waals surface area contributed by atoms with Crippen molar-refractivity contribution in [2.24, 2.45) is 0 Å². The number of hydrogen-bond acceptors (Lipinski definition) is 12. The number of pyridine rings is 2. The van der Waals surface area contributed by atoms with Gasteiger partial charge in [-0.3, -0.25) is 19.0 Å². The van der Waals surface area contributed by atoms with E-state index in [-0.39, 0.29) is 45.0 Å². The van der Waals surface area contributed by atoms with E-state index in [1.807, 2.05) is 0 Å². The molecular formula is C46H40BBrF4N6O10S2. The molecule has 8 aromatic rings. The van der Waals surface area contributed by atoms with Crippen LogP contribution in [0.2, 0.25) is 0 Å². The Labute approximate surface area is 405 Å². The second-order valence-corrected chi connectivity index (χ2v) is 19.7. The van der Waals surface area contributed by atoms with Crippen LogP contribution in [0.4, 0.5) is 28.9 Å². The predicted octanol–water partition coefficient (Wildman–Crippen LogP) is 7.65. The molecule has 0 spiro atoms. The number of H-pyrrole nitrogens is 2. The number of phenolic OH excluding ortho intramolecular Hbond substituents is 2.